The molecule has 27 heavy (non-hydrogen) atoms. The molecule has 3 aromatic rings. The van der Waals surface area contributed by atoms with Crippen molar-refractivity contribution in [2.75, 3.05) is 0 Å². The summed E-state index contributed by atoms with van der Waals surface area (Å²) < 4.78 is 30.3. The Morgan fingerprint density at radius 1 is 0.926 bits per heavy atom. The van der Waals surface area contributed by atoms with E-state index in [1.54, 1.807) is 42.6 Å². The van der Waals surface area contributed by atoms with Crippen molar-refractivity contribution in [3.63, 3.8) is 0 Å². The van der Waals surface area contributed by atoms with Crippen LogP contribution in [-0.2, 0) is 10.1 Å². The van der Waals surface area contributed by atoms with Gasteiger partial charge in [-0.25, -0.2) is 0 Å². The first-order valence-electron chi connectivity index (χ1n) is 7.95. The Labute approximate surface area is 168 Å². The maximum absolute atomic E-state index is 12.5. The number of para-hydroxylation sites is 1. The van der Waals surface area contributed by atoms with Crippen LogP contribution in [0.4, 0.5) is 5.69 Å². The Hall–Kier alpha value is -2.34. The van der Waals surface area contributed by atoms with Crippen molar-refractivity contribution in [3.05, 3.63) is 87.9 Å². The Bertz CT molecular complexity index is 1090. The lowest BCUT2D eigenvalue weighted by Crippen LogP contribution is -2.10. The maximum Gasteiger partial charge on any atom is 0.339 e. The molecule has 0 saturated carbocycles. The standard InChI is InChI=1S/C20H15Cl2NO3S/c1-14-18(22)6-4-7-19(14)23-13-15-5-2-3-8-20(15)26-27(24,25)17-11-9-16(21)10-12-17/h2-13H,1H3. The highest BCUT2D eigenvalue weighted by Gasteiger charge is 2.18. The molecule has 0 atom stereocenters. The van der Waals surface area contributed by atoms with Crippen molar-refractivity contribution in [2.24, 2.45) is 4.99 Å². The van der Waals surface area contributed by atoms with Gasteiger partial charge in [-0.1, -0.05) is 41.4 Å². The fourth-order valence-corrected chi connectivity index (χ4v) is 3.56. The van der Waals surface area contributed by atoms with Crippen molar-refractivity contribution < 1.29 is 12.6 Å². The molecule has 4 nitrogen and oxygen atoms in total. The van der Waals surface area contributed by atoms with Crippen LogP contribution in [0.5, 0.6) is 5.75 Å². The summed E-state index contributed by atoms with van der Waals surface area (Å²) in [4.78, 5) is 4.43. The zero-order chi connectivity index (χ0) is 19.4. The first-order valence-corrected chi connectivity index (χ1v) is 10.1. The number of halogens is 2. The third kappa shape index (κ3) is 4.69. The zero-order valence-corrected chi connectivity index (χ0v) is 16.6. The average Bonchev–Trinajstić information content (AvgIpc) is 2.64. The highest BCUT2D eigenvalue weighted by Crippen LogP contribution is 2.27. The summed E-state index contributed by atoms with van der Waals surface area (Å²) in [5.41, 5.74) is 2.05. The third-order valence-electron chi connectivity index (χ3n) is 3.80. The third-order valence-corrected chi connectivity index (χ3v) is 5.71. The molecule has 3 aromatic carbocycles. The zero-order valence-electron chi connectivity index (χ0n) is 14.3. The maximum atomic E-state index is 12.5. The summed E-state index contributed by atoms with van der Waals surface area (Å²) in [6.07, 6.45) is 1.55. The number of hydrogen-bond acceptors (Lipinski definition) is 4. The van der Waals surface area contributed by atoms with E-state index < -0.39 is 10.1 Å². The van der Waals surface area contributed by atoms with Gasteiger partial charge in [-0.15, -0.1) is 0 Å². The van der Waals surface area contributed by atoms with Gasteiger partial charge >= 0.3 is 10.1 Å². The van der Waals surface area contributed by atoms with Crippen LogP contribution >= 0.6 is 23.2 Å². The molecule has 7 heteroatoms. The average molecular weight is 420 g/mol. The summed E-state index contributed by atoms with van der Waals surface area (Å²) in [5.74, 6) is 0.177. The van der Waals surface area contributed by atoms with Crippen LogP contribution in [0.3, 0.4) is 0 Å². The van der Waals surface area contributed by atoms with E-state index in [0.29, 0.717) is 21.3 Å². The summed E-state index contributed by atoms with van der Waals surface area (Å²) in [5, 5.41) is 1.05. The molecule has 0 fully saturated rings. The van der Waals surface area contributed by atoms with Gasteiger partial charge in [0.1, 0.15) is 4.90 Å². The van der Waals surface area contributed by atoms with Crippen molar-refractivity contribution in [2.45, 2.75) is 11.8 Å². The Morgan fingerprint density at radius 3 is 2.37 bits per heavy atom. The van der Waals surface area contributed by atoms with Gasteiger partial charge in [0, 0.05) is 21.8 Å². The number of hydrogen-bond donors (Lipinski definition) is 0. The van der Waals surface area contributed by atoms with Crippen molar-refractivity contribution >= 4 is 45.2 Å². The van der Waals surface area contributed by atoms with E-state index in [1.165, 1.54) is 24.3 Å². The SMILES string of the molecule is Cc1c(Cl)cccc1N=Cc1ccccc1OS(=O)(=O)c1ccc(Cl)cc1. The largest absolute Gasteiger partial charge is 0.378 e. The number of aliphatic imine (C=N–C) groups is 1. The van der Waals surface area contributed by atoms with Crippen LogP contribution in [0, 0.1) is 6.92 Å². The van der Waals surface area contributed by atoms with Crippen LogP contribution in [0.2, 0.25) is 10.0 Å². The molecule has 0 unspecified atom stereocenters. The highest BCUT2D eigenvalue weighted by atomic mass is 35.5. The summed E-state index contributed by atoms with van der Waals surface area (Å²) in [7, 11) is -3.99. The van der Waals surface area contributed by atoms with Gasteiger partial charge in [-0.3, -0.25) is 4.99 Å². The van der Waals surface area contributed by atoms with Gasteiger partial charge in [-0.2, -0.15) is 8.42 Å². The van der Waals surface area contributed by atoms with E-state index in [9.17, 15) is 8.42 Å². The molecular formula is C20H15Cl2NO3S. The topological polar surface area (TPSA) is 55.7 Å². The molecule has 138 valence electrons. The van der Waals surface area contributed by atoms with E-state index in [4.69, 9.17) is 27.4 Å². The molecule has 0 radical (unpaired) electrons. The predicted octanol–water partition coefficient (Wildman–Crippen LogP) is 5.82. The van der Waals surface area contributed by atoms with Crippen molar-refractivity contribution in [1.29, 1.82) is 0 Å². The normalized spacial score (nSPS) is 11.7. The van der Waals surface area contributed by atoms with E-state index in [0.717, 1.165) is 5.56 Å². The van der Waals surface area contributed by atoms with Crippen molar-refractivity contribution in [3.8, 4) is 5.75 Å². The number of nitrogens with zero attached hydrogens (tertiary/aromatic N) is 1. The second-order valence-electron chi connectivity index (χ2n) is 5.67. The molecule has 0 bridgehead atoms. The van der Waals surface area contributed by atoms with Crippen LogP contribution in [0.1, 0.15) is 11.1 Å². The van der Waals surface area contributed by atoms with E-state index in [-0.39, 0.29) is 10.6 Å². The first kappa shape index (κ1) is 19.4. The first-order chi connectivity index (χ1) is 12.9. The molecule has 0 N–H and O–H groups in total. The Morgan fingerprint density at radius 2 is 1.63 bits per heavy atom. The molecule has 0 spiro atoms. The van der Waals surface area contributed by atoms with Gasteiger partial charge in [0.25, 0.3) is 0 Å². The van der Waals surface area contributed by atoms with Crippen LogP contribution in [0.25, 0.3) is 0 Å². The molecule has 3 rings (SSSR count). The van der Waals surface area contributed by atoms with Gasteiger partial charge in [0.15, 0.2) is 5.75 Å². The van der Waals surface area contributed by atoms with Gasteiger partial charge in [-0.05, 0) is 61.0 Å². The lowest BCUT2D eigenvalue weighted by Gasteiger charge is -2.09. The lowest BCUT2D eigenvalue weighted by atomic mass is 10.2. The Balaban J connectivity index is 1.91. The fraction of sp³-hybridized carbons (Fsp3) is 0.0500. The van der Waals surface area contributed by atoms with E-state index >= 15 is 0 Å². The molecule has 0 saturated heterocycles. The Kier molecular flexibility index (Phi) is 5.85. The quantitative estimate of drug-likeness (QED) is 0.386. The monoisotopic (exact) mass is 419 g/mol. The molecule has 0 heterocycles. The van der Waals surface area contributed by atoms with Gasteiger partial charge < -0.3 is 4.18 Å². The smallest absolute Gasteiger partial charge is 0.339 e. The molecular weight excluding hydrogens is 405 g/mol. The lowest BCUT2D eigenvalue weighted by molar-refractivity contribution is 0.485. The van der Waals surface area contributed by atoms with Gasteiger partial charge in [0.05, 0.1) is 5.69 Å². The minimum Gasteiger partial charge on any atom is -0.378 e. The molecule has 0 aliphatic carbocycles. The molecule has 0 aromatic heterocycles. The summed E-state index contributed by atoms with van der Waals surface area (Å²) >= 11 is 11.9. The van der Waals surface area contributed by atoms with Crippen LogP contribution in [0.15, 0.2) is 76.6 Å². The summed E-state index contributed by atoms with van der Waals surface area (Å²) in [6.45, 7) is 1.86. The van der Waals surface area contributed by atoms with Crippen molar-refractivity contribution in [1.82, 2.24) is 0 Å². The second-order valence-corrected chi connectivity index (χ2v) is 8.06. The van der Waals surface area contributed by atoms with Crippen LogP contribution in [-0.4, -0.2) is 14.6 Å². The highest BCUT2D eigenvalue weighted by molar-refractivity contribution is 7.87. The number of benzene rings is 3. The number of rotatable bonds is 5. The van der Waals surface area contributed by atoms with E-state index in [2.05, 4.69) is 4.99 Å². The summed E-state index contributed by atoms with van der Waals surface area (Å²) in [6, 6.07) is 17.9. The minimum absolute atomic E-state index is 0.0179. The van der Waals surface area contributed by atoms with E-state index in [1.807, 2.05) is 13.0 Å². The second kappa shape index (κ2) is 8.13. The molecule has 0 amide bonds. The van der Waals surface area contributed by atoms with Gasteiger partial charge in [0.2, 0.25) is 0 Å². The fourth-order valence-electron chi connectivity index (χ4n) is 2.31. The molecule has 0 aliphatic rings. The predicted molar refractivity (Wildman–Crippen MR) is 109 cm³/mol. The minimum atomic E-state index is -3.99. The molecule has 0 aliphatic heterocycles. The van der Waals surface area contributed by atoms with Crippen LogP contribution < -0.4 is 4.18 Å².